The molecule has 0 atom stereocenters. The number of anilines is 1. The second-order valence-electron chi connectivity index (χ2n) is 2.78. The number of carbonyl (C=O) groups is 3. The normalized spacial score (nSPS) is 10.9. The highest BCUT2D eigenvalue weighted by atomic mass is 32.1. The summed E-state index contributed by atoms with van der Waals surface area (Å²) in [5, 5.41) is 26.6. The monoisotopic (exact) mass is 257 g/mol. The van der Waals surface area contributed by atoms with Gasteiger partial charge in [-0.3, -0.25) is 4.79 Å². The van der Waals surface area contributed by atoms with Crippen molar-refractivity contribution in [3.63, 3.8) is 0 Å². The van der Waals surface area contributed by atoms with Crippen molar-refractivity contribution in [3.8, 4) is 0 Å². The standard InChI is InChI=1S/C8H7N3O5S/c12-5(10-8-11-9-3-17-8)1-4(7(15)16)2-6(13)14/h2-3H,1H2,(H,13,14)(H,15,16)(H,10,11,12). The van der Waals surface area contributed by atoms with Crippen molar-refractivity contribution in [1.29, 1.82) is 0 Å². The second kappa shape index (κ2) is 5.70. The molecule has 0 bridgehead atoms. The van der Waals surface area contributed by atoms with Crippen LogP contribution in [0.25, 0.3) is 0 Å². The van der Waals surface area contributed by atoms with Crippen LogP contribution in [0.5, 0.6) is 0 Å². The Hall–Kier alpha value is -2.29. The topological polar surface area (TPSA) is 129 Å². The zero-order chi connectivity index (χ0) is 12.8. The molecule has 0 spiro atoms. The third-order valence-electron chi connectivity index (χ3n) is 1.53. The predicted octanol–water partition coefficient (Wildman–Crippen LogP) is -0.0377. The number of amides is 1. The first kappa shape index (κ1) is 12.8. The molecule has 3 N–H and O–H groups in total. The van der Waals surface area contributed by atoms with Crippen LogP contribution in [0, 0.1) is 0 Å². The summed E-state index contributed by atoms with van der Waals surface area (Å²) < 4.78 is 0. The number of carboxylic acid groups (broad SMARTS) is 2. The van der Waals surface area contributed by atoms with Gasteiger partial charge in [-0.15, -0.1) is 10.2 Å². The third kappa shape index (κ3) is 4.38. The van der Waals surface area contributed by atoms with Crippen molar-refractivity contribution in [3.05, 3.63) is 17.2 Å². The molecule has 0 unspecified atom stereocenters. The number of rotatable bonds is 5. The summed E-state index contributed by atoms with van der Waals surface area (Å²) in [7, 11) is 0. The minimum Gasteiger partial charge on any atom is -0.478 e. The number of carbonyl (C=O) groups excluding carboxylic acids is 1. The fraction of sp³-hybridized carbons (Fsp3) is 0.125. The van der Waals surface area contributed by atoms with Crippen molar-refractivity contribution in [2.24, 2.45) is 0 Å². The number of nitrogens with zero attached hydrogens (tertiary/aromatic N) is 2. The predicted molar refractivity (Wildman–Crippen MR) is 56.5 cm³/mol. The Morgan fingerprint density at radius 3 is 2.59 bits per heavy atom. The number of hydrogen-bond donors (Lipinski definition) is 3. The van der Waals surface area contributed by atoms with Gasteiger partial charge in [0.1, 0.15) is 5.51 Å². The van der Waals surface area contributed by atoms with Gasteiger partial charge in [-0.25, -0.2) is 9.59 Å². The molecule has 9 heteroatoms. The number of hydrogen-bond acceptors (Lipinski definition) is 6. The summed E-state index contributed by atoms with van der Waals surface area (Å²) in [6, 6.07) is 0. The molecular weight excluding hydrogens is 250 g/mol. The lowest BCUT2D eigenvalue weighted by Crippen LogP contribution is -2.16. The van der Waals surface area contributed by atoms with Gasteiger partial charge >= 0.3 is 11.9 Å². The van der Waals surface area contributed by atoms with Crippen LogP contribution in [-0.4, -0.2) is 38.3 Å². The summed E-state index contributed by atoms with van der Waals surface area (Å²) in [6.45, 7) is 0. The maximum atomic E-state index is 11.3. The second-order valence-corrected chi connectivity index (χ2v) is 3.62. The van der Waals surface area contributed by atoms with Gasteiger partial charge in [0.15, 0.2) is 0 Å². The molecule has 8 nitrogen and oxygen atoms in total. The molecule has 0 saturated carbocycles. The molecule has 1 aromatic heterocycles. The van der Waals surface area contributed by atoms with E-state index in [9.17, 15) is 14.4 Å². The molecule has 0 aliphatic rings. The Bertz CT molecular complexity index is 468. The summed E-state index contributed by atoms with van der Waals surface area (Å²) in [5.41, 5.74) is 0.875. The van der Waals surface area contributed by atoms with Crippen molar-refractivity contribution >= 4 is 34.3 Å². The average molecular weight is 257 g/mol. The van der Waals surface area contributed by atoms with Crippen molar-refractivity contribution in [1.82, 2.24) is 10.2 Å². The molecule has 0 radical (unpaired) electrons. The Balaban J connectivity index is 2.65. The largest absolute Gasteiger partial charge is 0.478 e. The Labute approximate surface area is 98.6 Å². The molecule has 0 aromatic carbocycles. The lowest BCUT2D eigenvalue weighted by atomic mass is 10.1. The van der Waals surface area contributed by atoms with E-state index < -0.39 is 29.8 Å². The molecule has 1 amide bonds. The molecule has 1 heterocycles. The summed E-state index contributed by atoms with van der Waals surface area (Å²) in [6.07, 6.45) is -0.0801. The number of nitrogens with one attached hydrogen (secondary N) is 1. The van der Waals surface area contributed by atoms with Gasteiger partial charge in [0.2, 0.25) is 11.0 Å². The van der Waals surface area contributed by atoms with Crippen LogP contribution in [0.15, 0.2) is 17.2 Å². The van der Waals surface area contributed by atoms with Gasteiger partial charge in [-0.2, -0.15) is 0 Å². The first-order valence-corrected chi connectivity index (χ1v) is 5.10. The van der Waals surface area contributed by atoms with E-state index in [1.54, 1.807) is 0 Å². The molecule has 0 aliphatic carbocycles. The maximum Gasteiger partial charge on any atom is 0.332 e. The Morgan fingerprint density at radius 2 is 2.12 bits per heavy atom. The quantitative estimate of drug-likeness (QED) is 0.631. The number of carboxylic acids is 2. The fourth-order valence-electron chi connectivity index (χ4n) is 0.901. The van der Waals surface area contributed by atoms with Crippen molar-refractivity contribution in [2.45, 2.75) is 6.42 Å². The van der Waals surface area contributed by atoms with Gasteiger partial charge in [0.05, 0.1) is 12.0 Å². The van der Waals surface area contributed by atoms with E-state index in [4.69, 9.17) is 10.2 Å². The molecule has 0 aliphatic heterocycles. The lowest BCUT2D eigenvalue weighted by Gasteiger charge is -2.01. The zero-order valence-electron chi connectivity index (χ0n) is 8.28. The third-order valence-corrected chi connectivity index (χ3v) is 2.14. The van der Waals surface area contributed by atoms with Crippen LogP contribution in [0.4, 0.5) is 5.13 Å². The van der Waals surface area contributed by atoms with E-state index in [-0.39, 0.29) is 5.13 Å². The van der Waals surface area contributed by atoms with Gasteiger partial charge in [0.25, 0.3) is 0 Å². The molecule has 0 saturated heterocycles. The van der Waals surface area contributed by atoms with Crippen LogP contribution in [0.1, 0.15) is 6.42 Å². The van der Waals surface area contributed by atoms with E-state index in [2.05, 4.69) is 15.5 Å². The van der Waals surface area contributed by atoms with Crippen molar-refractivity contribution < 1.29 is 24.6 Å². The fourth-order valence-corrected chi connectivity index (χ4v) is 1.36. The SMILES string of the molecule is O=C(O)C=C(CC(=O)Nc1nncs1)C(=O)O. The highest BCUT2D eigenvalue weighted by Crippen LogP contribution is 2.10. The van der Waals surface area contributed by atoms with E-state index in [1.165, 1.54) is 5.51 Å². The molecule has 1 aromatic rings. The van der Waals surface area contributed by atoms with Crippen LogP contribution in [0.2, 0.25) is 0 Å². The molecular formula is C8H7N3O5S. The van der Waals surface area contributed by atoms with E-state index >= 15 is 0 Å². The molecule has 17 heavy (non-hydrogen) atoms. The summed E-state index contributed by atoms with van der Waals surface area (Å²) >= 11 is 1.06. The van der Waals surface area contributed by atoms with E-state index in [1.807, 2.05) is 0 Å². The van der Waals surface area contributed by atoms with Crippen LogP contribution in [-0.2, 0) is 14.4 Å². The smallest absolute Gasteiger partial charge is 0.332 e. The minimum atomic E-state index is -1.46. The number of aliphatic carboxylic acids is 2. The Kier molecular flexibility index (Phi) is 4.29. The van der Waals surface area contributed by atoms with Gasteiger partial charge in [0, 0.05) is 6.08 Å². The highest BCUT2D eigenvalue weighted by Gasteiger charge is 2.15. The van der Waals surface area contributed by atoms with Crippen LogP contribution < -0.4 is 5.32 Å². The van der Waals surface area contributed by atoms with Crippen molar-refractivity contribution in [2.75, 3.05) is 5.32 Å². The first-order valence-electron chi connectivity index (χ1n) is 4.22. The van der Waals surface area contributed by atoms with Gasteiger partial charge in [-0.1, -0.05) is 11.3 Å². The van der Waals surface area contributed by atoms with Crippen LogP contribution >= 0.6 is 11.3 Å². The molecule has 1 rings (SSSR count). The van der Waals surface area contributed by atoms with Gasteiger partial charge in [-0.05, 0) is 0 Å². The first-order chi connectivity index (χ1) is 7.99. The average Bonchev–Trinajstić information content (AvgIpc) is 2.68. The maximum absolute atomic E-state index is 11.3. The summed E-state index contributed by atoms with van der Waals surface area (Å²) in [4.78, 5) is 32.3. The molecule has 0 fully saturated rings. The van der Waals surface area contributed by atoms with E-state index in [0.29, 0.717) is 6.08 Å². The van der Waals surface area contributed by atoms with E-state index in [0.717, 1.165) is 11.3 Å². The number of aromatic nitrogens is 2. The highest BCUT2D eigenvalue weighted by molar-refractivity contribution is 7.13. The Morgan fingerprint density at radius 1 is 1.41 bits per heavy atom. The molecule has 90 valence electrons. The zero-order valence-corrected chi connectivity index (χ0v) is 9.10. The minimum absolute atomic E-state index is 0.218. The lowest BCUT2D eigenvalue weighted by molar-refractivity contribution is -0.135. The van der Waals surface area contributed by atoms with Crippen LogP contribution in [0.3, 0.4) is 0 Å². The summed E-state index contributed by atoms with van der Waals surface area (Å²) in [5.74, 6) is -3.55. The van der Waals surface area contributed by atoms with Gasteiger partial charge < -0.3 is 15.5 Å².